The molecule has 0 aromatic rings. The van der Waals surface area contributed by atoms with Crippen LogP contribution in [-0.2, 0) is 0 Å². The summed E-state index contributed by atoms with van der Waals surface area (Å²) in [6, 6.07) is 0. The first-order chi connectivity index (χ1) is 8.59. The van der Waals surface area contributed by atoms with Crippen LogP contribution in [0.4, 0.5) is 0 Å². The van der Waals surface area contributed by atoms with E-state index < -0.39 is 0 Å². The Morgan fingerprint density at radius 1 is 1.17 bits per heavy atom. The monoisotopic (exact) mass is 244 g/mol. The van der Waals surface area contributed by atoms with Crippen molar-refractivity contribution in [3.05, 3.63) is 60.8 Å². The van der Waals surface area contributed by atoms with E-state index in [1.807, 2.05) is 13.8 Å². The molecule has 1 fully saturated rings. The Hall–Kier alpha value is -1.30. The number of fused-ring (bicyclic) bond motifs is 2. The van der Waals surface area contributed by atoms with E-state index in [1.54, 1.807) is 11.1 Å². The number of hydrogen-bond acceptors (Lipinski definition) is 0. The smallest absolute Gasteiger partial charge is 0.00995 e. The Morgan fingerprint density at radius 2 is 1.72 bits per heavy atom. The van der Waals surface area contributed by atoms with Gasteiger partial charge in [0.2, 0.25) is 0 Å². The Balaban J connectivity index is 0.000000415. The molecule has 0 aromatic heterocycles. The SMILES string of the molecule is C=C.C=C(C)C.CC1CCCC2=CC=CC=C1C2. The molecule has 0 heteroatoms. The van der Waals surface area contributed by atoms with Gasteiger partial charge in [0.15, 0.2) is 0 Å². The van der Waals surface area contributed by atoms with Crippen LogP contribution in [0.15, 0.2) is 60.8 Å². The highest BCUT2D eigenvalue weighted by Crippen LogP contribution is 2.32. The highest BCUT2D eigenvalue weighted by atomic mass is 14.2. The predicted octanol–water partition coefficient (Wildman–Crippen LogP) is 6.00. The highest BCUT2D eigenvalue weighted by molar-refractivity contribution is 5.30. The van der Waals surface area contributed by atoms with Gasteiger partial charge in [0, 0.05) is 0 Å². The van der Waals surface area contributed by atoms with Crippen molar-refractivity contribution in [1.82, 2.24) is 0 Å². The molecule has 0 radical (unpaired) electrons. The highest BCUT2D eigenvalue weighted by Gasteiger charge is 2.15. The van der Waals surface area contributed by atoms with Gasteiger partial charge in [-0.1, -0.05) is 47.9 Å². The van der Waals surface area contributed by atoms with Gasteiger partial charge >= 0.3 is 0 Å². The van der Waals surface area contributed by atoms with Gasteiger partial charge in [-0.15, -0.1) is 19.7 Å². The average Bonchev–Trinajstić information content (AvgIpc) is 2.65. The van der Waals surface area contributed by atoms with E-state index in [0.717, 1.165) is 5.92 Å². The molecule has 0 spiro atoms. The summed E-state index contributed by atoms with van der Waals surface area (Å²) in [5.41, 5.74) is 4.42. The Morgan fingerprint density at radius 3 is 2.33 bits per heavy atom. The predicted molar refractivity (Wildman–Crippen MR) is 84.7 cm³/mol. The quantitative estimate of drug-likeness (QED) is 0.458. The van der Waals surface area contributed by atoms with Gasteiger partial charge < -0.3 is 0 Å². The molecular formula is C18H28. The van der Waals surface area contributed by atoms with Crippen LogP contribution in [0.1, 0.15) is 46.5 Å². The summed E-state index contributed by atoms with van der Waals surface area (Å²) in [5, 5.41) is 0. The average molecular weight is 244 g/mol. The number of rotatable bonds is 0. The summed E-state index contributed by atoms with van der Waals surface area (Å²) < 4.78 is 0. The molecule has 0 nitrogen and oxygen atoms in total. The minimum Gasteiger partial charge on any atom is -0.106 e. The fraction of sp³-hybridized carbons (Fsp3) is 0.444. The fourth-order valence-corrected chi connectivity index (χ4v) is 2.08. The van der Waals surface area contributed by atoms with Crippen LogP contribution in [0, 0.1) is 5.92 Å². The van der Waals surface area contributed by atoms with Crippen LogP contribution < -0.4 is 0 Å². The van der Waals surface area contributed by atoms with Crippen LogP contribution in [0.25, 0.3) is 0 Å². The molecule has 0 N–H and O–H groups in total. The molecule has 100 valence electrons. The van der Waals surface area contributed by atoms with Crippen molar-refractivity contribution in [2.24, 2.45) is 5.92 Å². The van der Waals surface area contributed by atoms with Gasteiger partial charge in [0.25, 0.3) is 0 Å². The van der Waals surface area contributed by atoms with Crippen LogP contribution in [0.5, 0.6) is 0 Å². The molecule has 1 unspecified atom stereocenters. The van der Waals surface area contributed by atoms with E-state index in [0.29, 0.717) is 0 Å². The Labute approximate surface area is 113 Å². The molecule has 0 aromatic carbocycles. The largest absolute Gasteiger partial charge is 0.106 e. The summed E-state index contributed by atoms with van der Waals surface area (Å²) >= 11 is 0. The minimum absolute atomic E-state index is 0.804. The molecule has 18 heavy (non-hydrogen) atoms. The van der Waals surface area contributed by atoms with Gasteiger partial charge in [-0.25, -0.2) is 0 Å². The Kier molecular flexibility index (Phi) is 9.00. The van der Waals surface area contributed by atoms with E-state index >= 15 is 0 Å². The molecule has 2 bridgehead atoms. The topological polar surface area (TPSA) is 0 Å². The van der Waals surface area contributed by atoms with Crippen molar-refractivity contribution in [3.8, 4) is 0 Å². The lowest BCUT2D eigenvalue weighted by Gasteiger charge is -2.10. The first-order valence-corrected chi connectivity index (χ1v) is 6.77. The lowest BCUT2D eigenvalue weighted by Crippen LogP contribution is -1.95. The first kappa shape index (κ1) is 16.7. The number of allylic oxidation sites excluding steroid dienone is 7. The summed E-state index contributed by atoms with van der Waals surface area (Å²) in [6.07, 6.45) is 14.3. The molecule has 0 aliphatic heterocycles. The van der Waals surface area contributed by atoms with Crippen molar-refractivity contribution in [2.45, 2.75) is 46.5 Å². The normalized spacial score (nSPS) is 20.7. The molecule has 0 saturated heterocycles. The van der Waals surface area contributed by atoms with E-state index in [-0.39, 0.29) is 0 Å². The second kappa shape index (κ2) is 9.70. The van der Waals surface area contributed by atoms with Crippen LogP contribution in [0.2, 0.25) is 0 Å². The van der Waals surface area contributed by atoms with Crippen LogP contribution in [-0.4, -0.2) is 0 Å². The summed E-state index contributed by atoms with van der Waals surface area (Å²) in [7, 11) is 0. The summed E-state index contributed by atoms with van der Waals surface area (Å²) in [6.45, 7) is 15.9. The van der Waals surface area contributed by atoms with Crippen molar-refractivity contribution in [3.63, 3.8) is 0 Å². The third-order valence-corrected chi connectivity index (χ3v) is 2.95. The van der Waals surface area contributed by atoms with Gasteiger partial charge in [-0.2, -0.15) is 0 Å². The Bertz CT molecular complexity index is 335. The first-order valence-electron chi connectivity index (χ1n) is 6.77. The second-order valence-corrected chi connectivity index (χ2v) is 5.13. The van der Waals surface area contributed by atoms with E-state index in [1.165, 1.54) is 31.3 Å². The van der Waals surface area contributed by atoms with Gasteiger partial charge in [-0.05, 0) is 45.4 Å². The summed E-state index contributed by atoms with van der Waals surface area (Å²) in [4.78, 5) is 0. The maximum Gasteiger partial charge on any atom is -0.00995 e. The molecule has 2 aliphatic rings. The van der Waals surface area contributed by atoms with Gasteiger partial charge in [0.05, 0.1) is 0 Å². The van der Waals surface area contributed by atoms with Gasteiger partial charge in [-0.3, -0.25) is 0 Å². The van der Waals surface area contributed by atoms with E-state index in [2.05, 4.69) is 51.0 Å². The van der Waals surface area contributed by atoms with Crippen LogP contribution >= 0.6 is 0 Å². The molecule has 2 rings (SSSR count). The third-order valence-electron chi connectivity index (χ3n) is 2.95. The lowest BCUT2D eigenvalue weighted by atomic mass is 9.96. The van der Waals surface area contributed by atoms with Crippen molar-refractivity contribution >= 4 is 0 Å². The summed E-state index contributed by atoms with van der Waals surface area (Å²) in [5.74, 6) is 0.804. The molecule has 1 saturated carbocycles. The standard InChI is InChI=1S/C12H16.C4H8.C2H4/c1-10-5-4-7-11-6-2-3-8-12(10)9-11;1-4(2)3;1-2/h2-3,6,8,10H,4-5,7,9H2,1H3;1H2,2-3H3;1-2H2. The van der Waals surface area contributed by atoms with E-state index in [4.69, 9.17) is 0 Å². The van der Waals surface area contributed by atoms with E-state index in [9.17, 15) is 0 Å². The molecule has 0 heterocycles. The van der Waals surface area contributed by atoms with Crippen molar-refractivity contribution in [2.75, 3.05) is 0 Å². The van der Waals surface area contributed by atoms with Crippen LogP contribution in [0.3, 0.4) is 0 Å². The maximum absolute atomic E-state index is 3.56. The zero-order valence-electron chi connectivity index (χ0n) is 12.3. The minimum atomic E-state index is 0.804. The maximum atomic E-state index is 3.56. The zero-order valence-corrected chi connectivity index (χ0v) is 12.3. The number of hydrogen-bond donors (Lipinski definition) is 0. The fourth-order valence-electron chi connectivity index (χ4n) is 2.08. The van der Waals surface area contributed by atoms with Crippen molar-refractivity contribution < 1.29 is 0 Å². The van der Waals surface area contributed by atoms with Gasteiger partial charge in [0.1, 0.15) is 0 Å². The third kappa shape index (κ3) is 7.11. The lowest BCUT2D eigenvalue weighted by molar-refractivity contribution is 0.599. The second-order valence-electron chi connectivity index (χ2n) is 5.13. The zero-order chi connectivity index (χ0) is 14.0. The molecule has 2 aliphatic carbocycles. The molecule has 0 amide bonds. The molecule has 1 atom stereocenters. The molecular weight excluding hydrogens is 216 g/mol. The van der Waals surface area contributed by atoms with Crippen molar-refractivity contribution in [1.29, 1.82) is 0 Å².